The van der Waals surface area contributed by atoms with Crippen LogP contribution in [0.2, 0.25) is 0 Å². The molecule has 0 aromatic heterocycles. The number of sulfonamides is 1. The summed E-state index contributed by atoms with van der Waals surface area (Å²) in [6, 6.07) is 11.5. The Kier molecular flexibility index (Phi) is 9.39. The quantitative estimate of drug-likeness (QED) is 0.399. The van der Waals surface area contributed by atoms with Crippen molar-refractivity contribution in [2.45, 2.75) is 37.3 Å². The maximum Gasteiger partial charge on any atom is 0.404 e. The van der Waals surface area contributed by atoms with Crippen LogP contribution in [0.3, 0.4) is 0 Å². The van der Waals surface area contributed by atoms with E-state index in [2.05, 4.69) is 5.32 Å². The molecule has 0 bridgehead atoms. The molecule has 2 aromatic rings. The monoisotopic (exact) mass is 478 g/mol. The van der Waals surface area contributed by atoms with Gasteiger partial charge in [0.2, 0.25) is 10.0 Å². The second-order valence-electron chi connectivity index (χ2n) is 8.08. The van der Waals surface area contributed by atoms with Gasteiger partial charge in [-0.15, -0.1) is 0 Å². The van der Waals surface area contributed by atoms with Crippen LogP contribution in [0, 0.1) is 5.92 Å². The summed E-state index contributed by atoms with van der Waals surface area (Å²) < 4.78 is 32.8. The Morgan fingerprint density at radius 2 is 1.70 bits per heavy atom. The molecule has 0 aliphatic rings. The van der Waals surface area contributed by atoms with Gasteiger partial charge in [-0.2, -0.15) is 4.31 Å². The third kappa shape index (κ3) is 7.55. The Hall–Kier alpha value is -2.95. The molecule has 2 atom stereocenters. The lowest BCUT2D eigenvalue weighted by molar-refractivity contribution is 0.0980. The van der Waals surface area contributed by atoms with Crippen LogP contribution in [0.25, 0.3) is 0 Å². The molecule has 0 spiro atoms. The number of amides is 1. The molecule has 33 heavy (non-hydrogen) atoms. The normalized spacial score (nSPS) is 13.5. The van der Waals surface area contributed by atoms with E-state index >= 15 is 0 Å². The summed E-state index contributed by atoms with van der Waals surface area (Å²) in [4.78, 5) is 22.2. The van der Waals surface area contributed by atoms with Gasteiger partial charge in [0.05, 0.1) is 24.2 Å². The van der Waals surface area contributed by atoms with Crippen molar-refractivity contribution in [3.63, 3.8) is 0 Å². The summed E-state index contributed by atoms with van der Waals surface area (Å²) in [5, 5.41) is 22.4. The Morgan fingerprint density at radius 3 is 2.18 bits per heavy atom. The molecule has 0 aliphatic carbocycles. The standard InChI is InChI=1S/C23H30N2O7S/c1-16(2)13-25(33(30,31)20-10-8-19(32-3)9-11-20)14-22(27)21(24-23(28)29)12-17-4-6-18(15-26)7-5-17/h4-11,15-16,21-22,24,27H,12-14H2,1-3H3,(H,28,29)/t21-,22+/m0/s1. The molecule has 0 saturated heterocycles. The zero-order valence-electron chi connectivity index (χ0n) is 18.8. The Labute approximate surface area is 194 Å². The van der Waals surface area contributed by atoms with E-state index in [0.717, 1.165) is 4.31 Å². The van der Waals surface area contributed by atoms with Crippen molar-refractivity contribution in [1.82, 2.24) is 9.62 Å². The Morgan fingerprint density at radius 1 is 1.09 bits per heavy atom. The molecular weight excluding hydrogens is 448 g/mol. The first-order valence-electron chi connectivity index (χ1n) is 10.4. The molecule has 0 aliphatic heterocycles. The fraction of sp³-hybridized carbons (Fsp3) is 0.391. The molecule has 1 amide bonds. The van der Waals surface area contributed by atoms with Crippen LogP contribution in [0.15, 0.2) is 53.4 Å². The van der Waals surface area contributed by atoms with Crippen LogP contribution in [-0.4, -0.2) is 67.7 Å². The van der Waals surface area contributed by atoms with E-state index in [9.17, 15) is 28.2 Å². The number of hydrogen-bond acceptors (Lipinski definition) is 6. The number of nitrogens with one attached hydrogen (secondary N) is 1. The molecule has 2 rings (SSSR count). The van der Waals surface area contributed by atoms with Gasteiger partial charge in [-0.1, -0.05) is 38.1 Å². The number of carbonyl (C=O) groups excluding carboxylic acids is 1. The van der Waals surface area contributed by atoms with E-state index in [1.807, 2.05) is 13.8 Å². The average Bonchev–Trinajstić information content (AvgIpc) is 2.78. The number of nitrogens with zero attached hydrogens (tertiary/aromatic N) is 1. The number of aliphatic hydroxyl groups is 1. The molecule has 0 saturated carbocycles. The molecule has 0 unspecified atom stereocenters. The summed E-state index contributed by atoms with van der Waals surface area (Å²) in [6.45, 7) is 3.54. The van der Waals surface area contributed by atoms with Crippen molar-refractivity contribution >= 4 is 22.4 Å². The van der Waals surface area contributed by atoms with Crippen LogP contribution in [0.4, 0.5) is 4.79 Å². The zero-order chi connectivity index (χ0) is 24.6. The van der Waals surface area contributed by atoms with Crippen molar-refractivity contribution in [3.8, 4) is 5.75 Å². The minimum atomic E-state index is -3.96. The zero-order valence-corrected chi connectivity index (χ0v) is 19.7. The van der Waals surface area contributed by atoms with Crippen molar-refractivity contribution in [3.05, 3.63) is 59.7 Å². The number of methoxy groups -OCH3 is 1. The fourth-order valence-corrected chi connectivity index (χ4v) is 4.96. The van der Waals surface area contributed by atoms with Crippen LogP contribution >= 0.6 is 0 Å². The van der Waals surface area contributed by atoms with Crippen LogP contribution in [0.1, 0.15) is 29.8 Å². The molecule has 9 nitrogen and oxygen atoms in total. The lowest BCUT2D eigenvalue weighted by Crippen LogP contribution is -2.50. The van der Waals surface area contributed by atoms with Gasteiger partial charge in [0.15, 0.2) is 0 Å². The highest BCUT2D eigenvalue weighted by molar-refractivity contribution is 7.89. The number of aldehydes is 1. The number of benzene rings is 2. The largest absolute Gasteiger partial charge is 0.497 e. The first-order chi connectivity index (χ1) is 15.6. The van der Waals surface area contributed by atoms with Gasteiger partial charge >= 0.3 is 6.09 Å². The van der Waals surface area contributed by atoms with Crippen molar-refractivity contribution < 1.29 is 33.0 Å². The molecule has 10 heteroatoms. The highest BCUT2D eigenvalue weighted by Crippen LogP contribution is 2.21. The molecule has 180 valence electrons. The number of rotatable bonds is 12. The predicted octanol–water partition coefficient (Wildman–Crippen LogP) is 2.39. The summed E-state index contributed by atoms with van der Waals surface area (Å²) in [5.41, 5.74) is 1.16. The summed E-state index contributed by atoms with van der Waals surface area (Å²) in [7, 11) is -2.48. The molecule has 0 fully saturated rings. The van der Waals surface area contributed by atoms with E-state index in [1.165, 1.54) is 31.4 Å². The third-order valence-corrected chi connectivity index (χ3v) is 6.85. The first-order valence-corrected chi connectivity index (χ1v) is 11.9. The lowest BCUT2D eigenvalue weighted by atomic mass is 10.00. The highest BCUT2D eigenvalue weighted by Gasteiger charge is 2.31. The maximum atomic E-state index is 13.3. The fourth-order valence-electron chi connectivity index (χ4n) is 3.34. The Balaban J connectivity index is 2.28. The second-order valence-corrected chi connectivity index (χ2v) is 10.0. The number of ether oxygens (including phenoxy) is 1. The second kappa shape index (κ2) is 11.8. The number of hydrogen-bond donors (Lipinski definition) is 3. The minimum absolute atomic E-state index is 0.0352. The highest BCUT2D eigenvalue weighted by atomic mass is 32.2. The van der Waals surface area contributed by atoms with Gasteiger partial charge in [0.1, 0.15) is 12.0 Å². The smallest absolute Gasteiger partial charge is 0.404 e. The first kappa shape index (κ1) is 26.3. The van der Waals surface area contributed by atoms with Gasteiger partial charge in [-0.3, -0.25) is 4.79 Å². The summed E-state index contributed by atoms with van der Waals surface area (Å²) >= 11 is 0. The lowest BCUT2D eigenvalue weighted by Gasteiger charge is -2.30. The van der Waals surface area contributed by atoms with E-state index in [1.54, 1.807) is 24.3 Å². The molecule has 0 heterocycles. The van der Waals surface area contributed by atoms with Gasteiger partial charge in [-0.25, -0.2) is 13.2 Å². The molecular formula is C23H30N2O7S. The minimum Gasteiger partial charge on any atom is -0.497 e. The van der Waals surface area contributed by atoms with Crippen molar-refractivity contribution in [2.24, 2.45) is 5.92 Å². The molecule has 3 N–H and O–H groups in total. The summed E-state index contributed by atoms with van der Waals surface area (Å²) in [5.74, 6) is 0.475. The van der Waals surface area contributed by atoms with E-state index < -0.39 is 28.3 Å². The maximum absolute atomic E-state index is 13.3. The average molecular weight is 479 g/mol. The number of aliphatic hydroxyl groups excluding tert-OH is 1. The predicted molar refractivity (Wildman–Crippen MR) is 123 cm³/mol. The third-order valence-electron chi connectivity index (χ3n) is 5.00. The van der Waals surface area contributed by atoms with Crippen LogP contribution in [-0.2, 0) is 16.4 Å². The van der Waals surface area contributed by atoms with Crippen molar-refractivity contribution in [2.75, 3.05) is 20.2 Å². The van der Waals surface area contributed by atoms with Crippen LogP contribution < -0.4 is 10.1 Å². The summed E-state index contributed by atoms with van der Waals surface area (Å²) in [6.07, 6.45) is -1.85. The number of carbonyl (C=O) groups is 2. The van der Waals surface area contributed by atoms with Gasteiger partial charge in [0.25, 0.3) is 0 Å². The topological polar surface area (TPSA) is 133 Å². The van der Waals surface area contributed by atoms with E-state index in [4.69, 9.17) is 4.74 Å². The van der Waals surface area contributed by atoms with E-state index in [0.29, 0.717) is 23.2 Å². The molecule has 0 radical (unpaired) electrons. The van der Waals surface area contributed by atoms with Crippen LogP contribution in [0.5, 0.6) is 5.75 Å². The van der Waals surface area contributed by atoms with Gasteiger partial charge in [0, 0.05) is 18.7 Å². The van der Waals surface area contributed by atoms with Crippen molar-refractivity contribution in [1.29, 1.82) is 0 Å². The van der Waals surface area contributed by atoms with Gasteiger partial charge in [-0.05, 0) is 42.2 Å². The SMILES string of the molecule is COc1ccc(S(=O)(=O)N(CC(C)C)C[C@@H](O)[C@H](Cc2ccc(C=O)cc2)NC(=O)O)cc1. The van der Waals surface area contributed by atoms with E-state index in [-0.39, 0.29) is 30.3 Å². The number of carboxylic acid groups (broad SMARTS) is 1. The van der Waals surface area contributed by atoms with Gasteiger partial charge < -0.3 is 20.3 Å². The Bertz CT molecular complexity index is 1020. The molecule has 2 aromatic carbocycles.